The van der Waals surface area contributed by atoms with Crippen LogP contribution in [0.25, 0.3) is 0 Å². The van der Waals surface area contributed by atoms with E-state index in [9.17, 15) is 9.90 Å². The molecule has 0 aromatic heterocycles. The average molecular weight is 370 g/mol. The second-order valence-electron chi connectivity index (χ2n) is 7.14. The van der Waals surface area contributed by atoms with Crippen LogP contribution in [0, 0.1) is 0 Å². The van der Waals surface area contributed by atoms with E-state index in [0.717, 1.165) is 24.0 Å². The molecule has 0 aliphatic carbocycles. The van der Waals surface area contributed by atoms with Gasteiger partial charge in [0.25, 0.3) is 0 Å². The third-order valence-electron chi connectivity index (χ3n) is 4.94. The average Bonchev–Trinajstić information content (AvgIpc) is 2.69. The minimum atomic E-state index is -1.01. The van der Waals surface area contributed by atoms with Crippen LogP contribution in [0.4, 0.5) is 4.79 Å². The van der Waals surface area contributed by atoms with Gasteiger partial charge in [0.1, 0.15) is 0 Å². The van der Waals surface area contributed by atoms with Gasteiger partial charge in [-0.1, -0.05) is 74.0 Å². The Hall–Kier alpha value is -2.33. The second kappa shape index (κ2) is 10.1. The molecule has 2 rings (SSSR count). The van der Waals surface area contributed by atoms with Crippen LogP contribution in [0.15, 0.2) is 60.7 Å². The quantitative estimate of drug-likeness (QED) is 0.612. The fourth-order valence-electron chi connectivity index (χ4n) is 3.02. The Bertz CT molecular complexity index is 685. The summed E-state index contributed by atoms with van der Waals surface area (Å²) >= 11 is 0. The lowest BCUT2D eigenvalue weighted by Gasteiger charge is -2.32. The number of hydrogen-bond donors (Lipinski definition) is 1. The molecule has 2 aromatic rings. The van der Waals surface area contributed by atoms with Gasteiger partial charge in [0.05, 0.1) is 18.2 Å². The number of benzene rings is 2. The lowest BCUT2D eigenvalue weighted by molar-refractivity contribution is 0.0273. The zero-order valence-electron chi connectivity index (χ0n) is 16.6. The molecule has 2 aromatic carbocycles. The van der Waals surface area contributed by atoms with Gasteiger partial charge in [0.15, 0.2) is 0 Å². The summed E-state index contributed by atoms with van der Waals surface area (Å²) in [5.41, 5.74) is 0.876. The summed E-state index contributed by atoms with van der Waals surface area (Å²) in [7, 11) is 0. The SMILES string of the molecule is CCCCOC(=O)N(CCC(C)(O)c1ccccc1)[C@@H](C)c1ccccc1. The van der Waals surface area contributed by atoms with Gasteiger partial charge in [-0.15, -0.1) is 0 Å². The number of carbonyl (C=O) groups is 1. The summed E-state index contributed by atoms with van der Waals surface area (Å²) in [5, 5.41) is 10.9. The van der Waals surface area contributed by atoms with Gasteiger partial charge in [-0.05, 0) is 37.8 Å². The Kier molecular flexibility index (Phi) is 7.86. The first-order chi connectivity index (χ1) is 13.0. The molecule has 0 heterocycles. The van der Waals surface area contributed by atoms with E-state index in [0.29, 0.717) is 19.6 Å². The van der Waals surface area contributed by atoms with Crippen molar-refractivity contribution in [3.63, 3.8) is 0 Å². The molecule has 0 aliphatic rings. The van der Waals surface area contributed by atoms with E-state index in [4.69, 9.17) is 4.74 Å². The monoisotopic (exact) mass is 369 g/mol. The van der Waals surface area contributed by atoms with E-state index in [2.05, 4.69) is 6.92 Å². The Morgan fingerprint density at radius 3 is 2.30 bits per heavy atom. The van der Waals surface area contributed by atoms with Crippen LogP contribution in [0.2, 0.25) is 0 Å². The van der Waals surface area contributed by atoms with Gasteiger partial charge in [0, 0.05) is 6.54 Å². The van der Waals surface area contributed by atoms with Crippen LogP contribution in [0.3, 0.4) is 0 Å². The van der Waals surface area contributed by atoms with Crippen molar-refractivity contribution in [3.05, 3.63) is 71.8 Å². The van der Waals surface area contributed by atoms with Crippen molar-refractivity contribution in [1.82, 2.24) is 4.90 Å². The first-order valence-corrected chi connectivity index (χ1v) is 9.72. The molecule has 4 heteroatoms. The van der Waals surface area contributed by atoms with Crippen molar-refractivity contribution in [2.75, 3.05) is 13.2 Å². The molecule has 0 bridgehead atoms. The van der Waals surface area contributed by atoms with E-state index in [1.54, 1.807) is 11.8 Å². The molecule has 0 aliphatic heterocycles. The van der Waals surface area contributed by atoms with Crippen LogP contribution in [0.5, 0.6) is 0 Å². The summed E-state index contributed by atoms with van der Waals surface area (Å²) < 4.78 is 5.46. The predicted molar refractivity (Wildman–Crippen MR) is 108 cm³/mol. The van der Waals surface area contributed by atoms with Crippen LogP contribution >= 0.6 is 0 Å². The third-order valence-corrected chi connectivity index (χ3v) is 4.94. The molecule has 0 saturated carbocycles. The Morgan fingerprint density at radius 2 is 1.70 bits per heavy atom. The minimum absolute atomic E-state index is 0.133. The lowest BCUT2D eigenvalue weighted by atomic mass is 9.92. The van der Waals surface area contributed by atoms with Crippen molar-refractivity contribution < 1.29 is 14.6 Å². The van der Waals surface area contributed by atoms with Gasteiger partial charge in [-0.2, -0.15) is 0 Å². The van der Waals surface area contributed by atoms with E-state index >= 15 is 0 Å². The maximum atomic E-state index is 12.7. The molecule has 0 fully saturated rings. The van der Waals surface area contributed by atoms with Crippen molar-refractivity contribution in [2.45, 2.75) is 51.7 Å². The van der Waals surface area contributed by atoms with Crippen LogP contribution in [-0.4, -0.2) is 29.3 Å². The molecule has 1 amide bonds. The summed E-state index contributed by atoms with van der Waals surface area (Å²) in [4.78, 5) is 14.4. The molecule has 4 nitrogen and oxygen atoms in total. The van der Waals surface area contributed by atoms with Crippen LogP contribution in [-0.2, 0) is 10.3 Å². The van der Waals surface area contributed by atoms with Crippen LogP contribution < -0.4 is 0 Å². The minimum Gasteiger partial charge on any atom is -0.449 e. The van der Waals surface area contributed by atoms with Crippen molar-refractivity contribution in [3.8, 4) is 0 Å². The highest BCUT2D eigenvalue weighted by Gasteiger charge is 2.28. The highest BCUT2D eigenvalue weighted by Crippen LogP contribution is 2.27. The fourth-order valence-corrected chi connectivity index (χ4v) is 3.02. The Labute approximate surface area is 162 Å². The van der Waals surface area contributed by atoms with Gasteiger partial charge in [0.2, 0.25) is 0 Å². The van der Waals surface area contributed by atoms with E-state index < -0.39 is 5.60 Å². The number of unbranched alkanes of at least 4 members (excludes halogenated alkanes) is 1. The number of nitrogens with zero attached hydrogens (tertiary/aromatic N) is 1. The maximum absolute atomic E-state index is 12.7. The Balaban J connectivity index is 2.12. The van der Waals surface area contributed by atoms with Gasteiger partial charge >= 0.3 is 6.09 Å². The zero-order chi connectivity index (χ0) is 19.7. The zero-order valence-corrected chi connectivity index (χ0v) is 16.6. The molecular formula is C23H31NO3. The summed E-state index contributed by atoms with van der Waals surface area (Å²) in [6.07, 6.45) is 1.92. The Morgan fingerprint density at radius 1 is 1.11 bits per heavy atom. The van der Waals surface area contributed by atoms with E-state index in [1.165, 1.54) is 0 Å². The number of aliphatic hydroxyl groups is 1. The first kappa shape index (κ1) is 21.0. The molecule has 0 spiro atoms. The number of hydrogen-bond acceptors (Lipinski definition) is 3. The molecule has 146 valence electrons. The number of rotatable bonds is 9. The van der Waals surface area contributed by atoms with Crippen molar-refractivity contribution in [1.29, 1.82) is 0 Å². The summed E-state index contributed by atoms with van der Waals surface area (Å²) in [6, 6.07) is 19.3. The predicted octanol–water partition coefficient (Wildman–Crippen LogP) is 5.28. The molecule has 1 unspecified atom stereocenters. The first-order valence-electron chi connectivity index (χ1n) is 9.72. The van der Waals surface area contributed by atoms with Crippen molar-refractivity contribution >= 4 is 6.09 Å². The molecule has 0 radical (unpaired) electrons. The highest BCUT2D eigenvalue weighted by molar-refractivity contribution is 5.68. The van der Waals surface area contributed by atoms with Gasteiger partial charge in [-0.25, -0.2) is 4.79 Å². The lowest BCUT2D eigenvalue weighted by Crippen LogP contribution is -2.38. The summed E-state index contributed by atoms with van der Waals surface area (Å²) in [5.74, 6) is 0. The molecule has 1 N–H and O–H groups in total. The van der Waals surface area contributed by atoms with Gasteiger partial charge in [-0.3, -0.25) is 0 Å². The topological polar surface area (TPSA) is 49.8 Å². The van der Waals surface area contributed by atoms with E-state index in [1.807, 2.05) is 67.6 Å². The summed E-state index contributed by atoms with van der Waals surface area (Å²) in [6.45, 7) is 6.67. The largest absolute Gasteiger partial charge is 0.449 e. The van der Waals surface area contributed by atoms with Crippen LogP contribution in [0.1, 0.15) is 57.2 Å². The number of ether oxygens (including phenoxy) is 1. The number of amides is 1. The molecule has 0 saturated heterocycles. The second-order valence-corrected chi connectivity index (χ2v) is 7.14. The normalized spacial score (nSPS) is 14.2. The number of carbonyl (C=O) groups excluding carboxylic acids is 1. The molecule has 27 heavy (non-hydrogen) atoms. The smallest absolute Gasteiger partial charge is 0.410 e. The molecular weight excluding hydrogens is 338 g/mol. The highest BCUT2D eigenvalue weighted by atomic mass is 16.6. The van der Waals surface area contributed by atoms with Gasteiger partial charge < -0.3 is 14.7 Å². The maximum Gasteiger partial charge on any atom is 0.410 e. The third kappa shape index (κ3) is 6.10. The van der Waals surface area contributed by atoms with Crippen molar-refractivity contribution in [2.24, 2.45) is 0 Å². The van der Waals surface area contributed by atoms with E-state index in [-0.39, 0.29) is 12.1 Å². The fraction of sp³-hybridized carbons (Fsp3) is 0.435. The standard InChI is InChI=1S/C23H31NO3/c1-4-5-18-27-22(25)24(19(2)20-12-8-6-9-13-20)17-16-23(3,26)21-14-10-7-11-15-21/h6-15,19,26H,4-5,16-18H2,1-3H3/t19-,23?/m0/s1. The molecule has 2 atom stereocenters.